The summed E-state index contributed by atoms with van der Waals surface area (Å²) in [6.07, 6.45) is 0.856. The lowest BCUT2D eigenvalue weighted by molar-refractivity contribution is -0.135. The molecule has 0 heterocycles. The van der Waals surface area contributed by atoms with Gasteiger partial charge in [0, 0.05) is 0 Å². The Hall–Kier alpha value is -2.62. The highest BCUT2D eigenvalue weighted by atomic mass is 32.2. The molecule has 0 saturated heterocycles. The number of ether oxygens (including phenoxy) is 2. The van der Waals surface area contributed by atoms with Gasteiger partial charge >= 0.3 is 22.1 Å². The molecule has 0 fully saturated rings. The normalized spacial score (nSPS) is 11.6. The Morgan fingerprint density at radius 1 is 1.29 bits per heavy atom. The van der Waals surface area contributed by atoms with Crippen LogP contribution in [-0.2, 0) is 24.4 Å². The van der Waals surface area contributed by atoms with E-state index in [1.807, 2.05) is 0 Å². The molecule has 0 amide bonds. The predicted molar refractivity (Wildman–Crippen MR) is 86.6 cm³/mol. The highest BCUT2D eigenvalue weighted by Crippen LogP contribution is 2.27. The summed E-state index contributed by atoms with van der Waals surface area (Å²) >= 11 is 0. The first kappa shape index (κ1) is 19.4. The number of anilines is 1. The van der Waals surface area contributed by atoms with Crippen LogP contribution >= 0.6 is 0 Å². The first-order valence-corrected chi connectivity index (χ1v) is 8.58. The molecule has 1 rings (SSSR count). The highest BCUT2D eigenvalue weighted by Gasteiger charge is 2.15. The number of carbonyl (C=O) groups excluding carboxylic acids is 2. The zero-order valence-electron chi connectivity index (χ0n) is 13.7. The Morgan fingerprint density at radius 3 is 2.50 bits per heavy atom. The molecule has 0 unspecified atom stereocenters. The van der Waals surface area contributed by atoms with Gasteiger partial charge in [0.2, 0.25) is 0 Å². The second-order valence-corrected chi connectivity index (χ2v) is 6.09. The molecular formula is C14H18N2O7S. The van der Waals surface area contributed by atoms with E-state index in [1.165, 1.54) is 32.2 Å². The SMILES string of the molecule is CCOC(=O)/C(C)=N/Nc1ccc(C(=O)OC)cc1OS(C)(=O)=O. The molecule has 1 aromatic carbocycles. The number of carbonyl (C=O) groups is 2. The van der Waals surface area contributed by atoms with Crippen LogP contribution in [0.5, 0.6) is 5.75 Å². The molecule has 0 aliphatic rings. The van der Waals surface area contributed by atoms with Gasteiger partial charge in [0.15, 0.2) is 5.75 Å². The van der Waals surface area contributed by atoms with Crippen LogP contribution < -0.4 is 9.61 Å². The Bertz CT molecular complexity index is 756. The zero-order valence-corrected chi connectivity index (χ0v) is 14.5. The minimum Gasteiger partial charge on any atom is -0.465 e. The maximum atomic E-state index is 11.5. The minimum atomic E-state index is -3.84. The van der Waals surface area contributed by atoms with E-state index >= 15 is 0 Å². The summed E-state index contributed by atoms with van der Waals surface area (Å²) in [5.41, 5.74) is 2.76. The van der Waals surface area contributed by atoms with Crippen molar-refractivity contribution in [2.45, 2.75) is 13.8 Å². The van der Waals surface area contributed by atoms with E-state index in [0.717, 1.165) is 6.26 Å². The van der Waals surface area contributed by atoms with Gasteiger partial charge in [0.25, 0.3) is 0 Å². The van der Waals surface area contributed by atoms with Gasteiger partial charge in [-0.2, -0.15) is 13.5 Å². The molecule has 1 aromatic rings. The Kier molecular flexibility index (Phi) is 6.71. The number of nitrogens with one attached hydrogen (secondary N) is 1. The molecular weight excluding hydrogens is 340 g/mol. The summed E-state index contributed by atoms with van der Waals surface area (Å²) in [7, 11) is -2.65. The van der Waals surface area contributed by atoms with Crippen molar-refractivity contribution in [1.82, 2.24) is 0 Å². The number of nitrogens with zero attached hydrogens (tertiary/aromatic N) is 1. The quantitative estimate of drug-likeness (QED) is 0.334. The van der Waals surface area contributed by atoms with Crippen LogP contribution in [0.15, 0.2) is 23.3 Å². The van der Waals surface area contributed by atoms with Gasteiger partial charge in [-0.15, -0.1) is 0 Å². The molecule has 0 aliphatic heterocycles. The van der Waals surface area contributed by atoms with Crippen molar-refractivity contribution in [3.8, 4) is 5.75 Å². The number of rotatable bonds is 7. The second-order valence-electron chi connectivity index (χ2n) is 4.52. The molecule has 1 N–H and O–H groups in total. The molecule has 0 aliphatic carbocycles. The zero-order chi connectivity index (χ0) is 18.3. The fourth-order valence-electron chi connectivity index (χ4n) is 1.52. The fourth-order valence-corrected chi connectivity index (χ4v) is 1.98. The first-order chi connectivity index (χ1) is 11.2. The molecule has 9 nitrogen and oxygen atoms in total. The molecule has 10 heteroatoms. The second kappa shape index (κ2) is 8.29. The summed E-state index contributed by atoms with van der Waals surface area (Å²) in [5, 5.41) is 3.80. The van der Waals surface area contributed by atoms with Gasteiger partial charge < -0.3 is 13.7 Å². The van der Waals surface area contributed by atoms with Gasteiger partial charge in [-0.1, -0.05) is 0 Å². The predicted octanol–water partition coefficient (Wildman–Crippen LogP) is 1.16. The summed E-state index contributed by atoms with van der Waals surface area (Å²) < 4.78 is 36.9. The fraction of sp³-hybridized carbons (Fsp3) is 0.357. The van der Waals surface area contributed by atoms with E-state index in [-0.39, 0.29) is 29.3 Å². The van der Waals surface area contributed by atoms with Crippen molar-refractivity contribution in [1.29, 1.82) is 0 Å². The Labute approximate surface area is 139 Å². The van der Waals surface area contributed by atoms with Gasteiger partial charge in [0.05, 0.1) is 31.2 Å². The van der Waals surface area contributed by atoms with Crippen molar-refractivity contribution in [2.24, 2.45) is 5.10 Å². The molecule has 0 radical (unpaired) electrons. The van der Waals surface area contributed by atoms with Crippen LogP contribution in [0.4, 0.5) is 5.69 Å². The van der Waals surface area contributed by atoms with Crippen LogP contribution in [0.1, 0.15) is 24.2 Å². The number of benzene rings is 1. The Morgan fingerprint density at radius 2 is 1.96 bits per heavy atom. The Balaban J connectivity index is 3.15. The van der Waals surface area contributed by atoms with E-state index in [1.54, 1.807) is 6.92 Å². The van der Waals surface area contributed by atoms with Gasteiger partial charge in [-0.3, -0.25) is 5.43 Å². The third kappa shape index (κ3) is 5.88. The lowest BCUT2D eigenvalue weighted by Crippen LogP contribution is -2.16. The van der Waals surface area contributed by atoms with Crippen LogP contribution in [0.3, 0.4) is 0 Å². The van der Waals surface area contributed by atoms with E-state index in [4.69, 9.17) is 8.92 Å². The third-order valence-corrected chi connectivity index (χ3v) is 3.04. The van der Waals surface area contributed by atoms with Crippen molar-refractivity contribution >= 4 is 33.5 Å². The molecule has 0 atom stereocenters. The van der Waals surface area contributed by atoms with Gasteiger partial charge in [-0.05, 0) is 32.0 Å². The van der Waals surface area contributed by atoms with Crippen LogP contribution in [0.25, 0.3) is 0 Å². The van der Waals surface area contributed by atoms with Crippen molar-refractivity contribution in [3.63, 3.8) is 0 Å². The molecule has 0 bridgehead atoms. The average Bonchev–Trinajstić information content (AvgIpc) is 2.51. The topological polar surface area (TPSA) is 120 Å². The molecule has 0 aromatic heterocycles. The largest absolute Gasteiger partial charge is 0.465 e. The van der Waals surface area contributed by atoms with Crippen molar-refractivity contribution < 1.29 is 31.7 Å². The summed E-state index contributed by atoms with van der Waals surface area (Å²) in [4.78, 5) is 23.0. The minimum absolute atomic E-state index is 0.0270. The highest BCUT2D eigenvalue weighted by molar-refractivity contribution is 7.86. The average molecular weight is 358 g/mol. The summed E-state index contributed by atoms with van der Waals surface area (Å²) in [6.45, 7) is 3.27. The molecule has 0 spiro atoms. The summed E-state index contributed by atoms with van der Waals surface area (Å²) in [6, 6.07) is 3.94. The number of hydrazone groups is 1. The maximum absolute atomic E-state index is 11.5. The van der Waals surface area contributed by atoms with Crippen molar-refractivity contribution in [3.05, 3.63) is 23.8 Å². The summed E-state index contributed by atoms with van der Waals surface area (Å²) in [5.74, 6) is -1.45. The van der Waals surface area contributed by atoms with Crippen LogP contribution in [-0.4, -0.2) is 46.0 Å². The van der Waals surface area contributed by atoms with Gasteiger partial charge in [-0.25, -0.2) is 9.59 Å². The maximum Gasteiger partial charge on any atom is 0.354 e. The van der Waals surface area contributed by atoms with Crippen LogP contribution in [0.2, 0.25) is 0 Å². The van der Waals surface area contributed by atoms with E-state index < -0.39 is 22.1 Å². The lowest BCUT2D eigenvalue weighted by atomic mass is 10.2. The number of hydrogen-bond acceptors (Lipinski definition) is 9. The smallest absolute Gasteiger partial charge is 0.354 e. The lowest BCUT2D eigenvalue weighted by Gasteiger charge is -2.11. The number of esters is 2. The molecule has 132 valence electrons. The first-order valence-electron chi connectivity index (χ1n) is 6.77. The van der Waals surface area contributed by atoms with Crippen LogP contribution in [0, 0.1) is 0 Å². The number of methoxy groups -OCH3 is 1. The van der Waals surface area contributed by atoms with E-state index in [9.17, 15) is 18.0 Å². The third-order valence-electron chi connectivity index (χ3n) is 2.56. The monoisotopic (exact) mass is 358 g/mol. The van der Waals surface area contributed by atoms with Gasteiger partial charge in [0.1, 0.15) is 5.71 Å². The standard InChI is InChI=1S/C14H18N2O7S/c1-5-22-13(17)9(2)15-16-11-7-6-10(14(18)21-3)8-12(11)23-24(4,19)20/h6-8,16H,5H2,1-4H3/b15-9+. The van der Waals surface area contributed by atoms with E-state index in [2.05, 4.69) is 15.3 Å². The number of hydrogen-bond donors (Lipinski definition) is 1. The molecule has 0 saturated carbocycles. The molecule has 24 heavy (non-hydrogen) atoms. The van der Waals surface area contributed by atoms with Crippen molar-refractivity contribution in [2.75, 3.05) is 25.4 Å². The van der Waals surface area contributed by atoms with E-state index in [0.29, 0.717) is 0 Å².